The van der Waals surface area contributed by atoms with Crippen molar-refractivity contribution in [3.8, 4) is 11.3 Å². The Labute approximate surface area is 204 Å². The minimum atomic E-state index is -0.0431. The molecule has 5 rings (SSSR count). The van der Waals surface area contributed by atoms with Crippen LogP contribution < -0.4 is 10.2 Å². The van der Waals surface area contributed by atoms with Gasteiger partial charge in [0.1, 0.15) is 5.52 Å². The molecule has 0 radical (unpaired) electrons. The lowest BCUT2D eigenvalue weighted by atomic mass is 9.97. The third-order valence-corrected chi connectivity index (χ3v) is 6.72. The van der Waals surface area contributed by atoms with Crippen LogP contribution in [-0.2, 0) is 11.2 Å². The van der Waals surface area contributed by atoms with Gasteiger partial charge in [0.15, 0.2) is 5.82 Å². The van der Waals surface area contributed by atoms with Gasteiger partial charge in [-0.15, -0.1) is 0 Å². The van der Waals surface area contributed by atoms with E-state index < -0.39 is 0 Å². The van der Waals surface area contributed by atoms with Crippen LogP contribution in [-0.4, -0.2) is 40.1 Å². The first-order chi connectivity index (χ1) is 16.7. The van der Waals surface area contributed by atoms with Crippen molar-refractivity contribution in [1.29, 1.82) is 0 Å². The predicted molar refractivity (Wildman–Crippen MR) is 136 cm³/mol. The van der Waals surface area contributed by atoms with Crippen LogP contribution in [0.5, 0.6) is 0 Å². The average molecular weight is 474 g/mol. The molecule has 1 N–H and O–H groups in total. The van der Waals surface area contributed by atoms with Gasteiger partial charge in [0, 0.05) is 37.6 Å². The number of hydrogen-bond donors (Lipinski definition) is 1. The van der Waals surface area contributed by atoms with Crippen molar-refractivity contribution < 1.29 is 4.79 Å². The highest BCUT2D eigenvalue weighted by molar-refractivity contribution is 6.33. The summed E-state index contributed by atoms with van der Waals surface area (Å²) in [5.41, 5.74) is 3.92. The molecule has 6 nitrogen and oxygen atoms in total. The number of fused-ring (bicyclic) bond motifs is 1. The number of aryl methyl sites for hydroxylation is 1. The van der Waals surface area contributed by atoms with Crippen molar-refractivity contribution >= 4 is 28.8 Å². The van der Waals surface area contributed by atoms with Crippen LogP contribution in [0.25, 0.3) is 16.8 Å². The minimum Gasteiger partial charge on any atom is -0.356 e. The smallest absolute Gasteiger partial charge is 0.224 e. The number of amides is 1. The van der Waals surface area contributed by atoms with Gasteiger partial charge in [0.2, 0.25) is 5.91 Å². The van der Waals surface area contributed by atoms with Crippen LogP contribution in [0.15, 0.2) is 73.1 Å². The fourth-order valence-corrected chi connectivity index (χ4v) is 4.86. The molecule has 1 atom stereocenters. The van der Waals surface area contributed by atoms with E-state index in [1.54, 1.807) is 6.20 Å². The molecule has 1 aliphatic rings. The molecule has 174 valence electrons. The van der Waals surface area contributed by atoms with Crippen molar-refractivity contribution in [2.24, 2.45) is 5.92 Å². The molecular weight excluding hydrogens is 446 g/mol. The number of carbonyl (C=O) groups excluding carboxylic acids is 1. The Hall–Kier alpha value is -3.38. The standard InChI is InChI=1S/C27H28ClN5O/c28-23-13-5-4-12-22(23)24-18-25-26(29-15-17-33(25)31-24)32-16-7-11-21(19-32)27(34)30-14-6-10-20-8-2-1-3-9-20/h1-5,8-9,12-13,15,17-18,21H,6-7,10-11,14,16,19H2,(H,30,34)/t21-/m1/s1. The molecule has 2 aromatic heterocycles. The number of carbonyl (C=O) groups is 1. The largest absolute Gasteiger partial charge is 0.356 e. The zero-order valence-corrected chi connectivity index (χ0v) is 19.8. The van der Waals surface area contributed by atoms with Crippen LogP contribution >= 0.6 is 11.6 Å². The normalized spacial score (nSPS) is 16.0. The number of benzene rings is 2. The number of hydrogen-bond acceptors (Lipinski definition) is 4. The van der Waals surface area contributed by atoms with Crippen molar-refractivity contribution in [3.63, 3.8) is 0 Å². The summed E-state index contributed by atoms with van der Waals surface area (Å²) in [5.74, 6) is 0.948. The highest BCUT2D eigenvalue weighted by Crippen LogP contribution is 2.31. The van der Waals surface area contributed by atoms with Crippen molar-refractivity contribution in [3.05, 3.63) is 83.6 Å². The summed E-state index contributed by atoms with van der Waals surface area (Å²) < 4.78 is 1.84. The zero-order valence-electron chi connectivity index (χ0n) is 19.0. The highest BCUT2D eigenvalue weighted by Gasteiger charge is 2.27. The summed E-state index contributed by atoms with van der Waals surface area (Å²) >= 11 is 6.40. The number of piperidine rings is 1. The van der Waals surface area contributed by atoms with E-state index in [1.165, 1.54) is 5.56 Å². The van der Waals surface area contributed by atoms with Crippen molar-refractivity contribution in [2.45, 2.75) is 25.7 Å². The Balaban J connectivity index is 1.25. The number of nitrogens with one attached hydrogen (secondary N) is 1. The average Bonchev–Trinajstić information content (AvgIpc) is 3.32. The first-order valence-corrected chi connectivity index (χ1v) is 12.2. The molecule has 1 aliphatic heterocycles. The maximum Gasteiger partial charge on any atom is 0.224 e. The van der Waals surface area contributed by atoms with Crippen molar-refractivity contribution in [2.75, 3.05) is 24.5 Å². The van der Waals surface area contributed by atoms with E-state index in [2.05, 4.69) is 39.5 Å². The Bertz CT molecular complexity index is 1270. The van der Waals surface area contributed by atoms with Gasteiger partial charge in [-0.05, 0) is 43.4 Å². The molecule has 7 heteroatoms. The Morgan fingerprint density at radius 1 is 1.12 bits per heavy atom. The quantitative estimate of drug-likeness (QED) is 0.383. The fourth-order valence-electron chi connectivity index (χ4n) is 4.63. The number of rotatable bonds is 7. The minimum absolute atomic E-state index is 0.0431. The molecule has 1 amide bonds. The second kappa shape index (κ2) is 10.3. The van der Waals surface area contributed by atoms with Crippen LogP contribution in [0, 0.1) is 5.92 Å². The lowest BCUT2D eigenvalue weighted by molar-refractivity contribution is -0.125. The first-order valence-electron chi connectivity index (χ1n) is 11.8. The molecular formula is C27H28ClN5O. The number of nitrogens with zero attached hydrogens (tertiary/aromatic N) is 4. The fraction of sp³-hybridized carbons (Fsp3) is 0.296. The SMILES string of the molecule is O=C(NCCCc1ccccc1)[C@@H]1CCCN(c2nccn3nc(-c4ccccc4Cl)cc23)C1. The summed E-state index contributed by atoms with van der Waals surface area (Å²) in [7, 11) is 0. The van der Waals surface area contributed by atoms with Gasteiger partial charge < -0.3 is 10.2 Å². The Morgan fingerprint density at radius 3 is 2.79 bits per heavy atom. The van der Waals surface area contributed by atoms with E-state index in [4.69, 9.17) is 16.7 Å². The number of aromatic nitrogens is 3. The summed E-state index contributed by atoms with van der Waals surface area (Å²) in [4.78, 5) is 19.8. The van der Waals surface area contributed by atoms with E-state index in [0.717, 1.165) is 54.8 Å². The van der Waals surface area contributed by atoms with Gasteiger partial charge in [-0.3, -0.25) is 4.79 Å². The topological polar surface area (TPSA) is 62.5 Å². The lowest BCUT2D eigenvalue weighted by Crippen LogP contribution is -2.43. The van der Waals surface area contributed by atoms with Gasteiger partial charge in [0.25, 0.3) is 0 Å². The molecule has 3 heterocycles. The summed E-state index contributed by atoms with van der Waals surface area (Å²) in [5, 5.41) is 8.53. The van der Waals surface area contributed by atoms with Gasteiger partial charge in [-0.2, -0.15) is 5.10 Å². The molecule has 0 saturated carbocycles. The van der Waals surface area contributed by atoms with Crippen LogP contribution in [0.2, 0.25) is 5.02 Å². The molecule has 2 aromatic carbocycles. The molecule has 0 spiro atoms. The first kappa shape index (κ1) is 22.4. The monoisotopic (exact) mass is 473 g/mol. The predicted octanol–water partition coefficient (Wildman–Crippen LogP) is 5.02. The van der Waals surface area contributed by atoms with E-state index >= 15 is 0 Å². The molecule has 1 saturated heterocycles. The number of anilines is 1. The van der Waals surface area contributed by atoms with Gasteiger partial charge in [0.05, 0.1) is 16.6 Å². The van der Waals surface area contributed by atoms with E-state index in [0.29, 0.717) is 18.1 Å². The van der Waals surface area contributed by atoms with E-state index in [1.807, 2.05) is 47.1 Å². The molecule has 1 fully saturated rings. The van der Waals surface area contributed by atoms with Crippen LogP contribution in [0.4, 0.5) is 5.82 Å². The molecule has 0 unspecified atom stereocenters. The summed E-state index contributed by atoms with van der Waals surface area (Å²) in [6.45, 7) is 2.22. The van der Waals surface area contributed by atoms with E-state index in [-0.39, 0.29) is 11.8 Å². The van der Waals surface area contributed by atoms with Crippen LogP contribution in [0.1, 0.15) is 24.8 Å². The van der Waals surface area contributed by atoms with Crippen LogP contribution in [0.3, 0.4) is 0 Å². The number of halogens is 1. The highest BCUT2D eigenvalue weighted by atomic mass is 35.5. The second-order valence-corrected chi connectivity index (χ2v) is 9.16. The third-order valence-electron chi connectivity index (χ3n) is 6.40. The molecule has 0 aliphatic carbocycles. The third kappa shape index (κ3) is 4.92. The second-order valence-electron chi connectivity index (χ2n) is 8.76. The van der Waals surface area contributed by atoms with Crippen molar-refractivity contribution in [1.82, 2.24) is 19.9 Å². The van der Waals surface area contributed by atoms with Gasteiger partial charge in [-0.1, -0.05) is 60.1 Å². The van der Waals surface area contributed by atoms with Gasteiger partial charge >= 0.3 is 0 Å². The molecule has 4 aromatic rings. The molecule has 0 bridgehead atoms. The Kier molecular flexibility index (Phi) is 6.77. The Morgan fingerprint density at radius 2 is 1.94 bits per heavy atom. The van der Waals surface area contributed by atoms with E-state index in [9.17, 15) is 4.79 Å². The maximum absolute atomic E-state index is 12.9. The maximum atomic E-state index is 12.9. The molecule has 34 heavy (non-hydrogen) atoms. The van der Waals surface area contributed by atoms with Gasteiger partial charge in [-0.25, -0.2) is 9.50 Å². The lowest BCUT2D eigenvalue weighted by Gasteiger charge is -2.33. The summed E-state index contributed by atoms with van der Waals surface area (Å²) in [6.07, 6.45) is 7.37. The zero-order chi connectivity index (χ0) is 23.3. The summed E-state index contributed by atoms with van der Waals surface area (Å²) in [6, 6.07) is 20.1.